The van der Waals surface area contributed by atoms with E-state index in [9.17, 15) is 0 Å². The number of halogens is 1. The van der Waals surface area contributed by atoms with Crippen molar-refractivity contribution in [2.45, 2.75) is 6.54 Å². The Balaban J connectivity index is 2.69. The molecule has 9 heavy (non-hydrogen) atoms. The molecule has 0 bridgehead atoms. The molecule has 0 aliphatic carbocycles. The van der Waals surface area contributed by atoms with E-state index in [1.54, 1.807) is 6.26 Å². The van der Waals surface area contributed by atoms with Crippen LogP contribution < -0.4 is 11.3 Å². The van der Waals surface area contributed by atoms with Gasteiger partial charge in [0.1, 0.15) is 0 Å². The first kappa shape index (κ1) is 6.80. The van der Waals surface area contributed by atoms with Crippen molar-refractivity contribution in [2.24, 2.45) is 5.84 Å². The molecule has 3 N–H and O–H groups in total. The minimum absolute atomic E-state index is 0.622. The molecule has 4 heteroatoms. The number of rotatable bonds is 2. The maximum atomic E-state index is 5.08. The second-order valence-corrected chi connectivity index (χ2v) is 2.32. The maximum Gasteiger partial charge on any atom is 0.173 e. The summed E-state index contributed by atoms with van der Waals surface area (Å²) >= 11 is 3.21. The van der Waals surface area contributed by atoms with E-state index < -0.39 is 0 Å². The summed E-state index contributed by atoms with van der Waals surface area (Å²) in [5, 5.41) is 0. The van der Waals surface area contributed by atoms with Crippen LogP contribution in [-0.4, -0.2) is 0 Å². The van der Waals surface area contributed by atoms with Gasteiger partial charge >= 0.3 is 0 Å². The molecule has 1 aromatic rings. The van der Waals surface area contributed by atoms with Crippen molar-refractivity contribution in [1.29, 1.82) is 0 Å². The molecule has 1 aromatic heterocycles. The molecule has 0 saturated heterocycles. The summed E-state index contributed by atoms with van der Waals surface area (Å²) in [6, 6.07) is 1.85. The molecule has 3 nitrogen and oxygen atoms in total. The highest BCUT2D eigenvalue weighted by atomic mass is 79.9. The summed E-state index contributed by atoms with van der Waals surface area (Å²) in [7, 11) is 0. The zero-order chi connectivity index (χ0) is 6.69. The highest BCUT2D eigenvalue weighted by molar-refractivity contribution is 9.10. The molecule has 0 radical (unpaired) electrons. The maximum absolute atomic E-state index is 5.08. The first-order chi connectivity index (χ1) is 4.34. The standard InChI is InChI=1S/C5H7BrN2O/c6-5-4(3-8-7)1-2-9-5/h1-2,8H,3,7H2. The Kier molecular flexibility index (Phi) is 2.27. The molecule has 0 aromatic carbocycles. The third-order valence-corrected chi connectivity index (χ3v) is 1.68. The van der Waals surface area contributed by atoms with Crippen LogP contribution in [0.15, 0.2) is 21.4 Å². The Labute approximate surface area is 61.3 Å². The van der Waals surface area contributed by atoms with Crippen LogP contribution in [0.5, 0.6) is 0 Å². The van der Waals surface area contributed by atoms with Crippen LogP contribution in [0.1, 0.15) is 5.56 Å². The van der Waals surface area contributed by atoms with Crippen LogP contribution in [0.3, 0.4) is 0 Å². The fourth-order valence-corrected chi connectivity index (χ4v) is 0.936. The van der Waals surface area contributed by atoms with Gasteiger partial charge < -0.3 is 4.42 Å². The lowest BCUT2D eigenvalue weighted by Gasteiger charge is -1.92. The normalized spacial score (nSPS) is 10.0. The van der Waals surface area contributed by atoms with Gasteiger partial charge in [0.25, 0.3) is 0 Å². The van der Waals surface area contributed by atoms with Gasteiger partial charge in [0.2, 0.25) is 0 Å². The van der Waals surface area contributed by atoms with Gasteiger partial charge in [-0.15, -0.1) is 0 Å². The zero-order valence-electron chi connectivity index (χ0n) is 4.73. The van der Waals surface area contributed by atoms with Crippen LogP contribution in [-0.2, 0) is 6.54 Å². The van der Waals surface area contributed by atoms with E-state index in [1.165, 1.54) is 0 Å². The molecule has 0 amide bonds. The van der Waals surface area contributed by atoms with Crippen LogP contribution in [0.2, 0.25) is 0 Å². The van der Waals surface area contributed by atoms with Crippen LogP contribution in [0.25, 0.3) is 0 Å². The van der Waals surface area contributed by atoms with Crippen molar-refractivity contribution >= 4 is 15.9 Å². The van der Waals surface area contributed by atoms with Gasteiger partial charge in [-0.3, -0.25) is 11.3 Å². The first-order valence-electron chi connectivity index (χ1n) is 2.50. The fraction of sp³-hybridized carbons (Fsp3) is 0.200. The number of hydrogen-bond donors (Lipinski definition) is 2. The molecule has 0 spiro atoms. The molecule has 1 rings (SSSR count). The highest BCUT2D eigenvalue weighted by Gasteiger charge is 1.98. The highest BCUT2D eigenvalue weighted by Crippen LogP contribution is 2.16. The van der Waals surface area contributed by atoms with Gasteiger partial charge in [0.15, 0.2) is 4.67 Å². The second kappa shape index (κ2) is 3.00. The molecular formula is C5H7BrN2O. The molecular weight excluding hydrogens is 184 g/mol. The Hall–Kier alpha value is -0.320. The van der Waals surface area contributed by atoms with Gasteiger partial charge in [0, 0.05) is 12.1 Å². The fourth-order valence-electron chi connectivity index (χ4n) is 0.555. The van der Waals surface area contributed by atoms with Crippen molar-refractivity contribution in [1.82, 2.24) is 5.43 Å². The van der Waals surface area contributed by atoms with Gasteiger partial charge in [-0.2, -0.15) is 0 Å². The molecule has 0 saturated carbocycles. The van der Waals surface area contributed by atoms with Gasteiger partial charge in [-0.05, 0) is 22.0 Å². The minimum atomic E-state index is 0.622. The smallest absolute Gasteiger partial charge is 0.173 e. The molecule has 0 aliphatic rings. The largest absolute Gasteiger partial charge is 0.457 e. The number of nitrogens with one attached hydrogen (secondary N) is 1. The number of hydrazine groups is 1. The Morgan fingerprint density at radius 2 is 2.56 bits per heavy atom. The lowest BCUT2D eigenvalue weighted by molar-refractivity contribution is 0.534. The van der Waals surface area contributed by atoms with E-state index in [0.717, 1.165) is 10.2 Å². The van der Waals surface area contributed by atoms with E-state index in [-0.39, 0.29) is 0 Å². The Morgan fingerprint density at radius 3 is 3.00 bits per heavy atom. The number of hydrogen-bond acceptors (Lipinski definition) is 3. The lowest BCUT2D eigenvalue weighted by atomic mass is 10.3. The summed E-state index contributed by atoms with van der Waals surface area (Å²) < 4.78 is 5.67. The lowest BCUT2D eigenvalue weighted by Crippen LogP contribution is -2.20. The Morgan fingerprint density at radius 1 is 1.78 bits per heavy atom. The van der Waals surface area contributed by atoms with E-state index in [0.29, 0.717) is 6.54 Å². The van der Waals surface area contributed by atoms with Crippen LogP contribution in [0, 0.1) is 0 Å². The van der Waals surface area contributed by atoms with E-state index >= 15 is 0 Å². The number of furan rings is 1. The summed E-state index contributed by atoms with van der Waals surface area (Å²) in [5.41, 5.74) is 3.55. The zero-order valence-corrected chi connectivity index (χ0v) is 6.31. The topological polar surface area (TPSA) is 51.2 Å². The summed E-state index contributed by atoms with van der Waals surface area (Å²) in [6.07, 6.45) is 1.61. The van der Waals surface area contributed by atoms with E-state index in [2.05, 4.69) is 21.4 Å². The summed E-state index contributed by atoms with van der Waals surface area (Å²) in [4.78, 5) is 0. The molecule has 0 aliphatic heterocycles. The van der Waals surface area contributed by atoms with Gasteiger partial charge in [-0.1, -0.05) is 0 Å². The van der Waals surface area contributed by atoms with E-state index in [1.807, 2.05) is 6.07 Å². The molecule has 0 fully saturated rings. The van der Waals surface area contributed by atoms with Crippen molar-refractivity contribution in [3.8, 4) is 0 Å². The second-order valence-electron chi connectivity index (χ2n) is 1.60. The SMILES string of the molecule is NNCc1ccoc1Br. The first-order valence-corrected chi connectivity index (χ1v) is 3.29. The van der Waals surface area contributed by atoms with Gasteiger partial charge in [0.05, 0.1) is 6.26 Å². The Bertz CT molecular complexity index is 187. The third kappa shape index (κ3) is 1.54. The molecule has 50 valence electrons. The monoisotopic (exact) mass is 190 g/mol. The summed E-state index contributed by atoms with van der Waals surface area (Å²) in [6.45, 7) is 0.622. The third-order valence-electron chi connectivity index (χ3n) is 0.986. The predicted octanol–water partition coefficient (Wildman–Crippen LogP) is 1.01. The molecule has 0 unspecified atom stereocenters. The van der Waals surface area contributed by atoms with Gasteiger partial charge in [-0.25, -0.2) is 0 Å². The average molecular weight is 191 g/mol. The molecule has 0 atom stereocenters. The van der Waals surface area contributed by atoms with Crippen LogP contribution in [0.4, 0.5) is 0 Å². The predicted molar refractivity (Wildman–Crippen MR) is 37.4 cm³/mol. The number of nitrogens with two attached hydrogens (primary N) is 1. The van der Waals surface area contributed by atoms with Crippen molar-refractivity contribution < 1.29 is 4.42 Å². The quantitative estimate of drug-likeness (QED) is 0.541. The van der Waals surface area contributed by atoms with Crippen molar-refractivity contribution in [3.05, 3.63) is 22.6 Å². The molecule has 1 heterocycles. The van der Waals surface area contributed by atoms with Crippen molar-refractivity contribution in [3.63, 3.8) is 0 Å². The minimum Gasteiger partial charge on any atom is -0.457 e. The van der Waals surface area contributed by atoms with Crippen molar-refractivity contribution in [2.75, 3.05) is 0 Å². The average Bonchev–Trinajstić information content (AvgIpc) is 2.18. The summed E-state index contributed by atoms with van der Waals surface area (Å²) in [5.74, 6) is 5.08. The van der Waals surface area contributed by atoms with E-state index in [4.69, 9.17) is 10.3 Å². The van der Waals surface area contributed by atoms with Crippen LogP contribution >= 0.6 is 15.9 Å².